The van der Waals surface area contributed by atoms with E-state index in [1.54, 1.807) is 0 Å². The molecule has 0 bridgehead atoms. The van der Waals surface area contributed by atoms with Gasteiger partial charge in [0.1, 0.15) is 5.78 Å². The Morgan fingerprint density at radius 1 is 1.39 bits per heavy atom. The summed E-state index contributed by atoms with van der Waals surface area (Å²) in [4.78, 5) is 12.2. The molecule has 0 N–H and O–H groups in total. The van der Waals surface area contributed by atoms with Gasteiger partial charge in [-0.2, -0.15) is 0 Å². The van der Waals surface area contributed by atoms with Crippen LogP contribution < -0.4 is 0 Å². The van der Waals surface area contributed by atoms with E-state index in [0.717, 1.165) is 38.5 Å². The molecule has 98 valence electrons. The number of allylic oxidation sites excluding steroid dienone is 4. The van der Waals surface area contributed by atoms with Crippen LogP contribution in [0.1, 0.15) is 58.8 Å². The summed E-state index contributed by atoms with van der Waals surface area (Å²) in [6.45, 7) is 4.34. The lowest BCUT2D eigenvalue weighted by Gasteiger charge is -2.40. The SMILES string of the molecule is CCC1CCC2=C(CC[C@]3(CC)C(=O)CC=C23)O1. The molecule has 0 saturated carbocycles. The number of ether oxygens (including phenoxy) is 1. The van der Waals surface area contributed by atoms with Crippen molar-refractivity contribution in [2.45, 2.75) is 64.9 Å². The van der Waals surface area contributed by atoms with E-state index in [1.165, 1.54) is 16.9 Å². The first-order valence-electron chi connectivity index (χ1n) is 7.34. The minimum Gasteiger partial charge on any atom is -0.494 e. The predicted molar refractivity (Wildman–Crippen MR) is 71.1 cm³/mol. The van der Waals surface area contributed by atoms with Crippen LogP contribution in [0.5, 0.6) is 0 Å². The molecule has 2 heteroatoms. The van der Waals surface area contributed by atoms with Gasteiger partial charge in [0.05, 0.1) is 17.3 Å². The molecule has 3 rings (SSSR count). The van der Waals surface area contributed by atoms with Crippen molar-refractivity contribution >= 4 is 5.78 Å². The average Bonchev–Trinajstić information content (AvgIpc) is 2.76. The predicted octanol–water partition coefficient (Wildman–Crippen LogP) is 3.92. The molecule has 0 spiro atoms. The second kappa shape index (κ2) is 4.25. The standard InChI is InChI=1S/C16H22O2/c1-3-11-5-6-12-13-7-8-15(17)16(13,4-2)10-9-14(12)18-11/h7,11H,3-6,8-10H2,1-2H3/t11?,16-/m0/s1. The van der Waals surface area contributed by atoms with Crippen molar-refractivity contribution in [3.63, 3.8) is 0 Å². The summed E-state index contributed by atoms with van der Waals surface area (Å²) in [5.74, 6) is 1.63. The molecule has 2 aliphatic carbocycles. The fourth-order valence-electron chi connectivity index (χ4n) is 3.87. The first kappa shape index (κ1) is 12.0. The number of hydrogen-bond donors (Lipinski definition) is 0. The Labute approximate surface area is 109 Å². The lowest BCUT2D eigenvalue weighted by molar-refractivity contribution is -0.125. The van der Waals surface area contributed by atoms with Gasteiger partial charge in [-0.25, -0.2) is 0 Å². The van der Waals surface area contributed by atoms with Crippen molar-refractivity contribution in [2.75, 3.05) is 0 Å². The summed E-state index contributed by atoms with van der Waals surface area (Å²) < 4.78 is 6.10. The second-order valence-corrected chi connectivity index (χ2v) is 5.77. The van der Waals surface area contributed by atoms with E-state index in [2.05, 4.69) is 19.9 Å². The Balaban J connectivity index is 1.97. The van der Waals surface area contributed by atoms with E-state index in [0.29, 0.717) is 18.3 Å². The molecule has 0 radical (unpaired) electrons. The smallest absolute Gasteiger partial charge is 0.147 e. The van der Waals surface area contributed by atoms with E-state index in [1.807, 2.05) is 0 Å². The molecule has 0 aromatic carbocycles. The zero-order valence-electron chi connectivity index (χ0n) is 11.4. The van der Waals surface area contributed by atoms with Crippen LogP contribution in [0.2, 0.25) is 0 Å². The van der Waals surface area contributed by atoms with Crippen LogP contribution in [-0.2, 0) is 9.53 Å². The van der Waals surface area contributed by atoms with E-state index >= 15 is 0 Å². The summed E-state index contributed by atoms with van der Waals surface area (Å²) in [6.07, 6.45) is 9.39. The number of carbonyl (C=O) groups excluding carboxylic acids is 1. The van der Waals surface area contributed by atoms with Gasteiger partial charge in [-0.05, 0) is 43.3 Å². The van der Waals surface area contributed by atoms with Crippen LogP contribution in [0.4, 0.5) is 0 Å². The number of hydrogen-bond acceptors (Lipinski definition) is 2. The maximum atomic E-state index is 12.2. The van der Waals surface area contributed by atoms with Crippen LogP contribution in [0.3, 0.4) is 0 Å². The van der Waals surface area contributed by atoms with Gasteiger partial charge in [0.2, 0.25) is 0 Å². The Hall–Kier alpha value is -1.05. The summed E-state index contributed by atoms with van der Waals surface area (Å²) in [5.41, 5.74) is 2.55. The van der Waals surface area contributed by atoms with Gasteiger partial charge in [-0.3, -0.25) is 4.79 Å². The maximum absolute atomic E-state index is 12.2. The Morgan fingerprint density at radius 3 is 2.94 bits per heavy atom. The Morgan fingerprint density at radius 2 is 2.22 bits per heavy atom. The average molecular weight is 246 g/mol. The molecule has 0 saturated heterocycles. The molecule has 0 amide bonds. The minimum atomic E-state index is -0.152. The highest BCUT2D eigenvalue weighted by atomic mass is 16.5. The lowest BCUT2D eigenvalue weighted by Crippen LogP contribution is -2.34. The van der Waals surface area contributed by atoms with Gasteiger partial charge in [-0.1, -0.05) is 19.9 Å². The fraction of sp³-hybridized carbons (Fsp3) is 0.688. The fourth-order valence-corrected chi connectivity index (χ4v) is 3.87. The number of carbonyl (C=O) groups is 1. The third kappa shape index (κ3) is 1.51. The molecule has 0 aromatic heterocycles. The molecule has 2 atom stereocenters. The van der Waals surface area contributed by atoms with Crippen LogP contribution in [0, 0.1) is 5.41 Å². The molecule has 1 heterocycles. The van der Waals surface area contributed by atoms with Crippen LogP contribution >= 0.6 is 0 Å². The van der Waals surface area contributed by atoms with Crippen LogP contribution in [0.25, 0.3) is 0 Å². The van der Waals surface area contributed by atoms with Gasteiger partial charge in [0.15, 0.2) is 0 Å². The van der Waals surface area contributed by atoms with E-state index in [4.69, 9.17) is 4.74 Å². The van der Waals surface area contributed by atoms with E-state index in [9.17, 15) is 4.79 Å². The third-order valence-corrected chi connectivity index (χ3v) is 5.07. The summed E-state index contributed by atoms with van der Waals surface area (Å²) in [5, 5.41) is 0. The first-order chi connectivity index (χ1) is 8.71. The topological polar surface area (TPSA) is 26.3 Å². The van der Waals surface area contributed by atoms with E-state index < -0.39 is 0 Å². The monoisotopic (exact) mass is 246 g/mol. The molecular weight excluding hydrogens is 224 g/mol. The molecular formula is C16H22O2. The largest absolute Gasteiger partial charge is 0.494 e. The van der Waals surface area contributed by atoms with Crippen LogP contribution in [0.15, 0.2) is 23.0 Å². The highest BCUT2D eigenvalue weighted by Gasteiger charge is 2.48. The Kier molecular flexibility index (Phi) is 2.84. The maximum Gasteiger partial charge on any atom is 0.147 e. The number of Topliss-reactive ketones (excluding diaryl/α,β-unsaturated/α-hetero) is 1. The third-order valence-electron chi connectivity index (χ3n) is 5.07. The molecule has 3 aliphatic rings. The highest BCUT2D eigenvalue weighted by molar-refractivity contribution is 5.94. The molecule has 2 nitrogen and oxygen atoms in total. The zero-order chi connectivity index (χ0) is 12.8. The van der Waals surface area contributed by atoms with Crippen molar-refractivity contribution in [2.24, 2.45) is 5.41 Å². The van der Waals surface area contributed by atoms with Crippen LogP contribution in [-0.4, -0.2) is 11.9 Å². The highest BCUT2D eigenvalue weighted by Crippen LogP contribution is 2.53. The van der Waals surface area contributed by atoms with Crippen molar-refractivity contribution in [3.8, 4) is 0 Å². The normalized spacial score (nSPS) is 34.9. The zero-order valence-corrected chi connectivity index (χ0v) is 11.4. The summed E-state index contributed by atoms with van der Waals surface area (Å²) in [6, 6.07) is 0. The van der Waals surface area contributed by atoms with Gasteiger partial charge in [0.25, 0.3) is 0 Å². The second-order valence-electron chi connectivity index (χ2n) is 5.77. The molecule has 0 aromatic rings. The number of rotatable bonds is 2. The molecule has 1 aliphatic heterocycles. The number of fused-ring (bicyclic) bond motifs is 2. The Bertz CT molecular complexity index is 444. The molecule has 18 heavy (non-hydrogen) atoms. The van der Waals surface area contributed by atoms with Gasteiger partial charge in [0, 0.05) is 12.8 Å². The van der Waals surface area contributed by atoms with Crippen molar-refractivity contribution < 1.29 is 9.53 Å². The van der Waals surface area contributed by atoms with Crippen molar-refractivity contribution in [3.05, 3.63) is 23.0 Å². The minimum absolute atomic E-state index is 0.152. The van der Waals surface area contributed by atoms with Gasteiger partial charge >= 0.3 is 0 Å². The van der Waals surface area contributed by atoms with Crippen molar-refractivity contribution in [1.29, 1.82) is 0 Å². The lowest BCUT2D eigenvalue weighted by atomic mass is 9.67. The van der Waals surface area contributed by atoms with Gasteiger partial charge < -0.3 is 4.74 Å². The summed E-state index contributed by atoms with van der Waals surface area (Å²) in [7, 11) is 0. The molecule has 1 unspecified atom stereocenters. The van der Waals surface area contributed by atoms with E-state index in [-0.39, 0.29) is 5.41 Å². The quantitative estimate of drug-likeness (QED) is 0.738. The first-order valence-corrected chi connectivity index (χ1v) is 7.34. The molecule has 0 fully saturated rings. The van der Waals surface area contributed by atoms with Crippen molar-refractivity contribution in [1.82, 2.24) is 0 Å². The number of ketones is 1. The van der Waals surface area contributed by atoms with Gasteiger partial charge in [-0.15, -0.1) is 0 Å². The summed E-state index contributed by atoms with van der Waals surface area (Å²) >= 11 is 0.